The summed E-state index contributed by atoms with van der Waals surface area (Å²) >= 11 is 0. The zero-order valence-corrected chi connectivity index (χ0v) is 15.8. The van der Waals surface area contributed by atoms with Gasteiger partial charge in [0.2, 0.25) is 12.5 Å². The average molecular weight is 370 g/mol. The number of hydrogen-bond acceptors (Lipinski definition) is 5. The summed E-state index contributed by atoms with van der Waals surface area (Å²) in [7, 11) is 5.37. The summed E-state index contributed by atoms with van der Waals surface area (Å²) < 4.78 is 22.1. The molecule has 0 aliphatic carbocycles. The van der Waals surface area contributed by atoms with Gasteiger partial charge in [-0.3, -0.25) is 4.79 Å². The van der Waals surface area contributed by atoms with Crippen molar-refractivity contribution in [3.63, 3.8) is 0 Å². The van der Waals surface area contributed by atoms with Gasteiger partial charge in [-0.25, -0.2) is 0 Å². The second-order valence-electron chi connectivity index (χ2n) is 6.97. The molecule has 2 aromatic rings. The third-order valence-corrected chi connectivity index (χ3v) is 5.46. The lowest BCUT2D eigenvalue weighted by Gasteiger charge is -2.32. The molecule has 0 bridgehead atoms. The molecular formula is C21H24NO5+. The van der Waals surface area contributed by atoms with Crippen molar-refractivity contribution in [3.05, 3.63) is 47.0 Å². The van der Waals surface area contributed by atoms with Crippen LogP contribution in [-0.2, 0) is 6.42 Å². The predicted molar refractivity (Wildman–Crippen MR) is 99.3 cm³/mol. The quantitative estimate of drug-likeness (QED) is 0.814. The fraction of sp³-hybridized carbons (Fsp3) is 0.381. The predicted octanol–water partition coefficient (Wildman–Crippen LogP) is 1.82. The Labute approximate surface area is 158 Å². The van der Waals surface area contributed by atoms with Crippen LogP contribution in [0, 0.1) is 0 Å². The van der Waals surface area contributed by atoms with Crippen LogP contribution >= 0.6 is 0 Å². The molecular weight excluding hydrogens is 346 g/mol. The molecule has 142 valence electrons. The Hall–Kier alpha value is -2.73. The minimum Gasteiger partial charge on any atom is -0.497 e. The molecule has 0 saturated heterocycles. The van der Waals surface area contributed by atoms with Crippen LogP contribution in [0.2, 0.25) is 0 Å². The number of nitrogens with one attached hydrogen (secondary N) is 1. The van der Waals surface area contributed by atoms with Gasteiger partial charge in [-0.2, -0.15) is 0 Å². The Morgan fingerprint density at radius 1 is 1.22 bits per heavy atom. The first-order chi connectivity index (χ1) is 13.1. The van der Waals surface area contributed by atoms with Gasteiger partial charge in [0.1, 0.15) is 11.8 Å². The van der Waals surface area contributed by atoms with Gasteiger partial charge in [0.15, 0.2) is 17.3 Å². The summed E-state index contributed by atoms with van der Waals surface area (Å²) in [6.07, 6.45) is 1.31. The molecule has 1 N–H and O–H groups in total. The Morgan fingerprint density at radius 3 is 2.85 bits per heavy atom. The first-order valence-corrected chi connectivity index (χ1v) is 9.11. The van der Waals surface area contributed by atoms with Crippen LogP contribution in [0.5, 0.6) is 23.0 Å². The van der Waals surface area contributed by atoms with Crippen molar-refractivity contribution in [1.82, 2.24) is 0 Å². The van der Waals surface area contributed by atoms with Crippen molar-refractivity contribution in [2.24, 2.45) is 0 Å². The fourth-order valence-corrected chi connectivity index (χ4v) is 4.00. The topological polar surface area (TPSA) is 58.4 Å². The van der Waals surface area contributed by atoms with Crippen molar-refractivity contribution in [1.29, 1.82) is 0 Å². The standard InChI is InChI=1S/C21H23NO5/c1-22-8-7-14-10-18-20(27-12-26-18)21(25-3)19(14)16(22)11-17(23)13-5-4-6-15(9-13)24-2/h4-6,9-10,16H,7-8,11-12H2,1-3H3/p+1/t16-/m1/s1. The maximum Gasteiger partial charge on any atom is 0.231 e. The van der Waals surface area contributed by atoms with Crippen LogP contribution in [0.1, 0.15) is 33.9 Å². The second-order valence-corrected chi connectivity index (χ2v) is 6.97. The third kappa shape index (κ3) is 3.10. The average Bonchev–Trinajstić information content (AvgIpc) is 3.16. The third-order valence-electron chi connectivity index (χ3n) is 5.46. The fourth-order valence-electron chi connectivity index (χ4n) is 4.00. The number of carbonyl (C=O) groups excluding carboxylic acids is 1. The number of carbonyl (C=O) groups is 1. The van der Waals surface area contributed by atoms with E-state index in [1.165, 1.54) is 10.5 Å². The minimum atomic E-state index is -0.00287. The number of likely N-dealkylation sites (N-methyl/N-ethyl adjacent to an activating group) is 1. The van der Waals surface area contributed by atoms with Gasteiger partial charge in [-0.1, -0.05) is 12.1 Å². The van der Waals surface area contributed by atoms with Gasteiger partial charge in [-0.05, 0) is 23.8 Å². The summed E-state index contributed by atoms with van der Waals surface area (Å²) in [6.45, 7) is 1.15. The molecule has 0 saturated carbocycles. The molecule has 0 amide bonds. The Kier molecular flexibility index (Phi) is 4.66. The minimum absolute atomic E-state index is 0.00287. The lowest BCUT2D eigenvalue weighted by Crippen LogP contribution is -3.10. The molecule has 0 fully saturated rings. The van der Waals surface area contributed by atoms with Crippen LogP contribution in [0.3, 0.4) is 0 Å². The number of fused-ring (bicyclic) bond motifs is 2. The molecule has 4 rings (SSSR count). The molecule has 1 unspecified atom stereocenters. The number of Topliss-reactive ketones (excluding diaryl/α,β-unsaturated/α-hetero) is 1. The summed E-state index contributed by atoms with van der Waals surface area (Å²) in [5.41, 5.74) is 2.89. The highest BCUT2D eigenvalue weighted by molar-refractivity contribution is 5.96. The summed E-state index contributed by atoms with van der Waals surface area (Å²) in [5, 5.41) is 0. The lowest BCUT2D eigenvalue weighted by molar-refractivity contribution is -0.913. The Balaban J connectivity index is 1.71. The van der Waals surface area contributed by atoms with Gasteiger partial charge in [0.25, 0.3) is 0 Å². The van der Waals surface area contributed by atoms with Crippen LogP contribution in [0.4, 0.5) is 0 Å². The van der Waals surface area contributed by atoms with E-state index in [2.05, 4.69) is 7.05 Å². The lowest BCUT2D eigenvalue weighted by atomic mass is 9.87. The number of benzene rings is 2. The van der Waals surface area contributed by atoms with E-state index >= 15 is 0 Å². The number of quaternary nitrogens is 1. The molecule has 0 radical (unpaired) electrons. The number of rotatable bonds is 5. The number of hydrogen-bond donors (Lipinski definition) is 1. The van der Waals surface area contributed by atoms with E-state index < -0.39 is 0 Å². The maximum absolute atomic E-state index is 13.0. The monoisotopic (exact) mass is 370 g/mol. The van der Waals surface area contributed by atoms with E-state index in [4.69, 9.17) is 18.9 Å². The molecule has 27 heavy (non-hydrogen) atoms. The molecule has 6 nitrogen and oxygen atoms in total. The van der Waals surface area contributed by atoms with Gasteiger partial charge in [0.05, 0.1) is 39.8 Å². The van der Waals surface area contributed by atoms with E-state index in [1.807, 2.05) is 24.3 Å². The number of ether oxygens (including phenoxy) is 4. The van der Waals surface area contributed by atoms with Crippen molar-refractivity contribution in [2.45, 2.75) is 18.9 Å². The van der Waals surface area contributed by atoms with Crippen LogP contribution in [-0.4, -0.2) is 40.4 Å². The van der Waals surface area contributed by atoms with E-state index in [-0.39, 0.29) is 18.6 Å². The highest BCUT2D eigenvalue weighted by Gasteiger charge is 2.37. The normalized spacial score (nSPS) is 20.1. The highest BCUT2D eigenvalue weighted by Crippen LogP contribution is 2.47. The summed E-state index contributed by atoms with van der Waals surface area (Å²) in [5.74, 6) is 2.84. The van der Waals surface area contributed by atoms with Crippen LogP contribution in [0.25, 0.3) is 0 Å². The largest absolute Gasteiger partial charge is 0.497 e. The molecule has 2 heterocycles. The molecule has 2 aromatic carbocycles. The van der Waals surface area contributed by atoms with Crippen LogP contribution < -0.4 is 23.8 Å². The smallest absolute Gasteiger partial charge is 0.231 e. The van der Waals surface area contributed by atoms with Crippen molar-refractivity contribution >= 4 is 5.78 Å². The first kappa shape index (κ1) is 17.7. The molecule has 6 heteroatoms. The van der Waals surface area contributed by atoms with Gasteiger partial charge < -0.3 is 23.8 Å². The van der Waals surface area contributed by atoms with E-state index in [9.17, 15) is 4.79 Å². The van der Waals surface area contributed by atoms with E-state index in [0.29, 0.717) is 29.2 Å². The van der Waals surface area contributed by atoms with Crippen molar-refractivity contribution in [2.75, 3.05) is 34.6 Å². The Bertz CT molecular complexity index is 879. The van der Waals surface area contributed by atoms with Gasteiger partial charge in [0, 0.05) is 12.0 Å². The maximum atomic E-state index is 13.0. The van der Waals surface area contributed by atoms with Gasteiger partial charge in [-0.15, -0.1) is 0 Å². The zero-order valence-electron chi connectivity index (χ0n) is 15.8. The van der Waals surface area contributed by atoms with Gasteiger partial charge >= 0.3 is 0 Å². The molecule has 2 aliphatic rings. The van der Waals surface area contributed by atoms with E-state index in [1.54, 1.807) is 20.3 Å². The molecule has 2 atom stereocenters. The second kappa shape index (κ2) is 7.12. The van der Waals surface area contributed by atoms with E-state index in [0.717, 1.165) is 24.3 Å². The molecule has 0 spiro atoms. The van der Waals surface area contributed by atoms with Crippen LogP contribution in [0.15, 0.2) is 30.3 Å². The number of ketones is 1. The SMILES string of the molecule is COc1cccc(C(=O)C[C@@H]2c3c(cc4c(c3OC)OCO4)CC[NH+]2C)c1. The molecule has 0 aromatic heterocycles. The van der Waals surface area contributed by atoms with Crippen molar-refractivity contribution < 1.29 is 28.6 Å². The summed E-state index contributed by atoms with van der Waals surface area (Å²) in [4.78, 5) is 14.3. The Morgan fingerprint density at radius 2 is 2.07 bits per heavy atom. The zero-order chi connectivity index (χ0) is 19.0. The number of methoxy groups -OCH3 is 2. The van der Waals surface area contributed by atoms with Crippen molar-refractivity contribution in [3.8, 4) is 23.0 Å². The molecule has 2 aliphatic heterocycles. The first-order valence-electron chi connectivity index (χ1n) is 9.11. The highest BCUT2D eigenvalue weighted by atomic mass is 16.7. The summed E-state index contributed by atoms with van der Waals surface area (Å²) in [6, 6.07) is 9.34.